The molecule has 0 radical (unpaired) electrons. The highest BCUT2D eigenvalue weighted by Crippen LogP contribution is 2.16. The molecule has 5 nitrogen and oxygen atoms in total. The first-order valence-electron chi connectivity index (χ1n) is 8.60. The number of para-hydroxylation sites is 1. The summed E-state index contributed by atoms with van der Waals surface area (Å²) in [5.41, 5.74) is 1.23. The first kappa shape index (κ1) is 17.8. The molecular weight excluding hydrogens is 333 g/mol. The van der Waals surface area contributed by atoms with Gasteiger partial charge in [0.2, 0.25) is 5.91 Å². The minimum absolute atomic E-state index is 0.0547. The fraction of sp³-hybridized carbons (Fsp3) is 0.250. The van der Waals surface area contributed by atoms with Crippen LogP contribution in [0.25, 0.3) is 10.9 Å². The molecule has 0 aliphatic carbocycles. The van der Waals surface area contributed by atoms with Crippen molar-refractivity contribution in [2.24, 2.45) is 0 Å². The average molecular weight is 353 g/mol. The van der Waals surface area contributed by atoms with E-state index in [1.165, 1.54) is 23.0 Å². The van der Waals surface area contributed by atoms with Crippen LogP contribution in [0.1, 0.15) is 19.8 Å². The number of hydrogen-bond acceptors (Lipinski definition) is 3. The number of halogens is 1. The van der Waals surface area contributed by atoms with E-state index in [9.17, 15) is 14.0 Å². The van der Waals surface area contributed by atoms with Crippen LogP contribution in [-0.4, -0.2) is 22.0 Å². The number of rotatable bonds is 6. The van der Waals surface area contributed by atoms with Gasteiger partial charge in [-0.1, -0.05) is 12.1 Å². The Morgan fingerprint density at radius 3 is 2.62 bits per heavy atom. The van der Waals surface area contributed by atoms with Gasteiger partial charge in [0.05, 0.1) is 17.2 Å². The second-order valence-electron chi connectivity index (χ2n) is 5.98. The van der Waals surface area contributed by atoms with Crippen molar-refractivity contribution in [3.63, 3.8) is 0 Å². The number of fused-ring (bicyclic) bond motifs is 1. The van der Waals surface area contributed by atoms with Crippen LogP contribution >= 0.6 is 0 Å². The first-order chi connectivity index (χ1) is 12.6. The van der Waals surface area contributed by atoms with E-state index in [1.54, 1.807) is 35.2 Å². The molecule has 0 atom stereocenters. The zero-order valence-electron chi connectivity index (χ0n) is 14.6. The van der Waals surface area contributed by atoms with E-state index in [2.05, 4.69) is 4.98 Å². The zero-order valence-corrected chi connectivity index (χ0v) is 14.6. The molecule has 0 fully saturated rings. The first-order valence-corrected chi connectivity index (χ1v) is 8.60. The Kier molecular flexibility index (Phi) is 5.41. The number of hydrogen-bond donors (Lipinski definition) is 0. The van der Waals surface area contributed by atoms with Gasteiger partial charge >= 0.3 is 0 Å². The van der Waals surface area contributed by atoms with Gasteiger partial charge in [0, 0.05) is 25.2 Å². The van der Waals surface area contributed by atoms with Crippen molar-refractivity contribution in [1.82, 2.24) is 9.55 Å². The number of aromatic nitrogens is 2. The molecule has 3 rings (SSSR count). The summed E-state index contributed by atoms with van der Waals surface area (Å²) in [5, 5.41) is 0.572. The number of amides is 1. The molecular formula is C20H20FN3O2. The topological polar surface area (TPSA) is 55.2 Å². The molecule has 6 heteroatoms. The molecule has 1 heterocycles. The summed E-state index contributed by atoms with van der Waals surface area (Å²) in [5.74, 6) is -0.388. The minimum Gasteiger partial charge on any atom is -0.313 e. The Hall–Kier alpha value is -3.02. The maximum absolute atomic E-state index is 13.1. The summed E-state index contributed by atoms with van der Waals surface area (Å²) in [7, 11) is 0. The molecule has 0 spiro atoms. The van der Waals surface area contributed by atoms with Crippen LogP contribution in [0.4, 0.5) is 10.1 Å². The van der Waals surface area contributed by atoms with E-state index in [1.807, 2.05) is 13.0 Å². The van der Waals surface area contributed by atoms with E-state index >= 15 is 0 Å². The average Bonchev–Trinajstić information content (AvgIpc) is 2.66. The summed E-state index contributed by atoms with van der Waals surface area (Å²) in [6.07, 6.45) is 2.34. The van der Waals surface area contributed by atoms with Crippen molar-refractivity contribution in [3.8, 4) is 0 Å². The number of carbonyl (C=O) groups is 1. The molecule has 3 aromatic rings. The summed E-state index contributed by atoms with van der Waals surface area (Å²) in [4.78, 5) is 30.8. The fourth-order valence-electron chi connectivity index (χ4n) is 2.92. The van der Waals surface area contributed by atoms with Crippen molar-refractivity contribution in [3.05, 3.63) is 71.0 Å². The second-order valence-corrected chi connectivity index (χ2v) is 5.98. The fourth-order valence-corrected chi connectivity index (χ4v) is 2.92. The molecule has 1 aromatic heterocycles. The molecule has 2 aromatic carbocycles. The number of benzene rings is 2. The summed E-state index contributed by atoms with van der Waals surface area (Å²) in [6.45, 7) is 2.80. The van der Waals surface area contributed by atoms with E-state index in [-0.39, 0.29) is 17.3 Å². The second kappa shape index (κ2) is 7.91. The lowest BCUT2D eigenvalue weighted by Gasteiger charge is -2.21. The molecule has 0 N–H and O–H groups in total. The lowest BCUT2D eigenvalue weighted by atomic mass is 10.2. The molecule has 0 unspecified atom stereocenters. The quantitative estimate of drug-likeness (QED) is 0.683. The van der Waals surface area contributed by atoms with E-state index in [4.69, 9.17) is 0 Å². The predicted octanol–water partition coefficient (Wildman–Crippen LogP) is 3.37. The highest BCUT2D eigenvalue weighted by molar-refractivity contribution is 5.93. The standard InChI is InChI=1S/C20H20FN3O2/c1-2-24(16-11-9-15(21)10-12-16)19(25)8-5-13-23-14-22-18-7-4-3-6-17(18)20(23)26/h3-4,6-7,9-12,14H,2,5,8,13H2,1H3. The number of anilines is 1. The number of aryl methyl sites for hydroxylation is 1. The van der Waals surface area contributed by atoms with Gasteiger partial charge in [-0.05, 0) is 49.7 Å². The summed E-state index contributed by atoms with van der Waals surface area (Å²) < 4.78 is 14.6. The largest absolute Gasteiger partial charge is 0.313 e. The minimum atomic E-state index is -0.333. The number of carbonyl (C=O) groups excluding carboxylic acids is 1. The van der Waals surface area contributed by atoms with Gasteiger partial charge in [0.25, 0.3) is 5.56 Å². The molecule has 26 heavy (non-hydrogen) atoms. The van der Waals surface area contributed by atoms with Crippen molar-refractivity contribution >= 4 is 22.5 Å². The molecule has 0 saturated heterocycles. The van der Waals surface area contributed by atoms with E-state index < -0.39 is 0 Å². The number of nitrogens with zero attached hydrogens (tertiary/aromatic N) is 3. The molecule has 134 valence electrons. The van der Waals surface area contributed by atoms with Gasteiger partial charge in [-0.2, -0.15) is 0 Å². The zero-order chi connectivity index (χ0) is 18.5. The normalized spacial score (nSPS) is 10.8. The summed E-state index contributed by atoms with van der Waals surface area (Å²) in [6, 6.07) is 13.1. The van der Waals surface area contributed by atoms with Crippen LogP contribution in [0.15, 0.2) is 59.7 Å². The van der Waals surface area contributed by atoms with Gasteiger partial charge in [-0.15, -0.1) is 0 Å². The Labute approximate surface area is 150 Å². The van der Waals surface area contributed by atoms with Gasteiger partial charge in [-0.3, -0.25) is 14.2 Å². The van der Waals surface area contributed by atoms with Gasteiger partial charge < -0.3 is 4.90 Å². The third-order valence-electron chi connectivity index (χ3n) is 4.28. The van der Waals surface area contributed by atoms with Crippen LogP contribution in [0.5, 0.6) is 0 Å². The highest BCUT2D eigenvalue weighted by atomic mass is 19.1. The monoisotopic (exact) mass is 353 g/mol. The molecule has 0 bridgehead atoms. The Bertz CT molecular complexity index is 967. The van der Waals surface area contributed by atoms with Gasteiger partial charge in [-0.25, -0.2) is 9.37 Å². The van der Waals surface area contributed by atoms with Crippen LogP contribution in [-0.2, 0) is 11.3 Å². The lowest BCUT2D eigenvalue weighted by molar-refractivity contribution is -0.118. The lowest BCUT2D eigenvalue weighted by Crippen LogP contribution is -2.31. The third kappa shape index (κ3) is 3.79. The Balaban J connectivity index is 1.65. The molecule has 0 saturated carbocycles. The highest BCUT2D eigenvalue weighted by Gasteiger charge is 2.14. The SMILES string of the molecule is CCN(C(=O)CCCn1cnc2ccccc2c1=O)c1ccc(F)cc1. The third-order valence-corrected chi connectivity index (χ3v) is 4.28. The summed E-state index contributed by atoms with van der Waals surface area (Å²) >= 11 is 0. The Morgan fingerprint density at radius 2 is 1.88 bits per heavy atom. The maximum atomic E-state index is 13.1. The smallest absolute Gasteiger partial charge is 0.261 e. The van der Waals surface area contributed by atoms with Crippen LogP contribution in [0, 0.1) is 5.82 Å². The van der Waals surface area contributed by atoms with E-state index in [0.29, 0.717) is 42.5 Å². The van der Waals surface area contributed by atoms with Crippen LogP contribution in [0.3, 0.4) is 0 Å². The van der Waals surface area contributed by atoms with Crippen molar-refractivity contribution < 1.29 is 9.18 Å². The van der Waals surface area contributed by atoms with Crippen LogP contribution < -0.4 is 10.5 Å². The molecule has 0 aliphatic rings. The van der Waals surface area contributed by atoms with Crippen LogP contribution in [0.2, 0.25) is 0 Å². The van der Waals surface area contributed by atoms with Gasteiger partial charge in [0.1, 0.15) is 5.82 Å². The van der Waals surface area contributed by atoms with Crippen molar-refractivity contribution in [2.45, 2.75) is 26.3 Å². The van der Waals surface area contributed by atoms with Crippen molar-refractivity contribution in [1.29, 1.82) is 0 Å². The van der Waals surface area contributed by atoms with E-state index in [0.717, 1.165) is 0 Å². The van der Waals surface area contributed by atoms with Gasteiger partial charge in [0.15, 0.2) is 0 Å². The maximum Gasteiger partial charge on any atom is 0.261 e. The molecule has 0 aliphatic heterocycles. The Morgan fingerprint density at radius 1 is 1.15 bits per heavy atom. The van der Waals surface area contributed by atoms with Crippen molar-refractivity contribution in [2.75, 3.05) is 11.4 Å². The predicted molar refractivity (Wildman–Crippen MR) is 99.7 cm³/mol. The molecule has 1 amide bonds.